The third kappa shape index (κ3) is 2.06. The van der Waals surface area contributed by atoms with Gasteiger partial charge in [-0.1, -0.05) is 6.42 Å². The van der Waals surface area contributed by atoms with E-state index in [4.69, 9.17) is 0 Å². The topological polar surface area (TPSA) is 15.3 Å². The number of nitrogens with one attached hydrogen (secondary N) is 1. The molecule has 0 amide bonds. The number of hydrogen-bond acceptors (Lipinski definition) is 3. The molecule has 15 heavy (non-hydrogen) atoms. The van der Waals surface area contributed by atoms with Gasteiger partial charge in [0.15, 0.2) is 0 Å². The average molecular weight is 226 g/mol. The van der Waals surface area contributed by atoms with E-state index in [0.29, 0.717) is 0 Å². The number of nitrogens with zero attached hydrogens (tertiary/aromatic N) is 1. The van der Waals surface area contributed by atoms with Crippen molar-refractivity contribution in [1.82, 2.24) is 10.2 Å². The smallest absolute Gasteiger partial charge is 0.0175 e. The van der Waals surface area contributed by atoms with Crippen LogP contribution in [0.15, 0.2) is 0 Å². The van der Waals surface area contributed by atoms with Crippen LogP contribution >= 0.6 is 11.8 Å². The molecule has 3 rings (SSSR count). The minimum absolute atomic E-state index is 0.730. The van der Waals surface area contributed by atoms with Crippen LogP contribution in [0.2, 0.25) is 0 Å². The van der Waals surface area contributed by atoms with Crippen molar-refractivity contribution in [3.8, 4) is 0 Å². The van der Waals surface area contributed by atoms with Gasteiger partial charge in [-0.25, -0.2) is 0 Å². The van der Waals surface area contributed by atoms with Crippen molar-refractivity contribution in [3.05, 3.63) is 0 Å². The molecule has 2 nitrogen and oxygen atoms in total. The Hall–Kier alpha value is 0.270. The lowest BCUT2D eigenvalue weighted by Crippen LogP contribution is -2.53. The highest BCUT2D eigenvalue weighted by molar-refractivity contribution is 8.00. The fraction of sp³-hybridized carbons (Fsp3) is 1.00. The standard InChI is InChI=1S/C12H22N2S/c1-3-12(4-1)10-11(2-9-15-12)14-7-5-13-6-8-14/h11,13H,1-10H2. The molecule has 3 fully saturated rings. The van der Waals surface area contributed by atoms with E-state index in [9.17, 15) is 0 Å². The van der Waals surface area contributed by atoms with Gasteiger partial charge in [-0.3, -0.25) is 4.90 Å². The number of piperazine rings is 1. The quantitative estimate of drug-likeness (QED) is 0.733. The van der Waals surface area contributed by atoms with Crippen LogP contribution in [0.4, 0.5) is 0 Å². The van der Waals surface area contributed by atoms with Crippen molar-refractivity contribution < 1.29 is 0 Å². The van der Waals surface area contributed by atoms with Gasteiger partial charge in [-0.15, -0.1) is 0 Å². The predicted octanol–water partition coefficient (Wildman–Crippen LogP) is 1.71. The predicted molar refractivity (Wildman–Crippen MR) is 66.5 cm³/mol. The lowest BCUT2D eigenvalue weighted by molar-refractivity contribution is 0.131. The molecule has 1 N–H and O–H groups in total. The molecule has 0 aromatic carbocycles. The maximum Gasteiger partial charge on any atom is 0.0175 e. The van der Waals surface area contributed by atoms with E-state index in [1.165, 1.54) is 64.0 Å². The second-order valence-electron chi connectivity index (χ2n) is 5.32. The minimum atomic E-state index is 0.730. The molecule has 1 atom stereocenters. The molecular weight excluding hydrogens is 204 g/mol. The summed E-state index contributed by atoms with van der Waals surface area (Å²) >= 11 is 2.28. The molecule has 2 saturated heterocycles. The molecule has 2 aliphatic heterocycles. The Labute approximate surface area is 97.2 Å². The summed E-state index contributed by atoms with van der Waals surface area (Å²) in [5.41, 5.74) is 0. The Morgan fingerprint density at radius 1 is 1.20 bits per heavy atom. The highest BCUT2D eigenvalue weighted by atomic mass is 32.2. The summed E-state index contributed by atoms with van der Waals surface area (Å²) in [6, 6.07) is 0.911. The molecule has 3 heteroatoms. The number of hydrogen-bond donors (Lipinski definition) is 1. The zero-order valence-corrected chi connectivity index (χ0v) is 10.3. The highest BCUT2D eigenvalue weighted by Crippen LogP contribution is 2.51. The molecule has 86 valence electrons. The monoisotopic (exact) mass is 226 g/mol. The zero-order chi connectivity index (χ0) is 10.1. The second kappa shape index (κ2) is 4.27. The lowest BCUT2D eigenvalue weighted by Gasteiger charge is -2.50. The zero-order valence-electron chi connectivity index (χ0n) is 9.50. The van der Waals surface area contributed by atoms with Crippen LogP contribution in [0.1, 0.15) is 32.1 Å². The van der Waals surface area contributed by atoms with Crippen LogP contribution in [0.3, 0.4) is 0 Å². The molecule has 2 heterocycles. The van der Waals surface area contributed by atoms with E-state index in [1.54, 1.807) is 0 Å². The van der Waals surface area contributed by atoms with Crippen LogP contribution in [0.25, 0.3) is 0 Å². The summed E-state index contributed by atoms with van der Waals surface area (Å²) in [6.07, 6.45) is 7.41. The first-order valence-electron chi connectivity index (χ1n) is 6.47. The SMILES string of the molecule is C1CC2(C1)CC(N1CCNCC1)CCS2. The van der Waals surface area contributed by atoms with E-state index in [2.05, 4.69) is 22.0 Å². The fourth-order valence-corrected chi connectivity index (χ4v) is 4.99. The van der Waals surface area contributed by atoms with E-state index in [1.807, 2.05) is 0 Å². The summed E-state index contributed by atoms with van der Waals surface area (Å²) in [7, 11) is 0. The third-order valence-corrected chi connectivity index (χ3v) is 6.03. The van der Waals surface area contributed by atoms with Gasteiger partial charge >= 0.3 is 0 Å². The van der Waals surface area contributed by atoms with Crippen LogP contribution in [0.5, 0.6) is 0 Å². The Morgan fingerprint density at radius 2 is 2.00 bits per heavy atom. The van der Waals surface area contributed by atoms with Crippen molar-refractivity contribution in [3.63, 3.8) is 0 Å². The van der Waals surface area contributed by atoms with Gasteiger partial charge in [0.1, 0.15) is 0 Å². The first kappa shape index (κ1) is 10.4. The van der Waals surface area contributed by atoms with Crippen molar-refractivity contribution in [2.24, 2.45) is 0 Å². The first-order valence-corrected chi connectivity index (χ1v) is 7.45. The van der Waals surface area contributed by atoms with E-state index in [0.717, 1.165) is 10.8 Å². The molecular formula is C12H22N2S. The maximum absolute atomic E-state index is 3.46. The fourth-order valence-electron chi connectivity index (χ4n) is 3.28. The Balaban J connectivity index is 1.60. The summed E-state index contributed by atoms with van der Waals surface area (Å²) in [4.78, 5) is 2.75. The molecule has 1 saturated carbocycles. The minimum Gasteiger partial charge on any atom is -0.314 e. The van der Waals surface area contributed by atoms with Gasteiger partial charge in [0.05, 0.1) is 0 Å². The largest absolute Gasteiger partial charge is 0.314 e. The van der Waals surface area contributed by atoms with E-state index in [-0.39, 0.29) is 0 Å². The summed E-state index contributed by atoms with van der Waals surface area (Å²) in [6.45, 7) is 4.98. The maximum atomic E-state index is 3.46. The Bertz CT molecular complexity index is 222. The third-order valence-electron chi connectivity index (χ3n) is 4.40. The van der Waals surface area contributed by atoms with Gasteiger partial charge in [-0.2, -0.15) is 11.8 Å². The van der Waals surface area contributed by atoms with Gasteiger partial charge in [-0.05, 0) is 31.4 Å². The summed E-state index contributed by atoms with van der Waals surface area (Å²) in [5.74, 6) is 1.41. The van der Waals surface area contributed by atoms with E-state index >= 15 is 0 Å². The molecule has 1 unspecified atom stereocenters. The number of rotatable bonds is 1. The number of thioether (sulfide) groups is 1. The van der Waals surface area contributed by atoms with Gasteiger partial charge < -0.3 is 5.32 Å². The molecule has 1 aliphatic carbocycles. The molecule has 0 bridgehead atoms. The van der Waals surface area contributed by atoms with Crippen LogP contribution in [0, 0.1) is 0 Å². The highest BCUT2D eigenvalue weighted by Gasteiger charge is 2.43. The Kier molecular flexibility index (Phi) is 2.97. The second-order valence-corrected chi connectivity index (χ2v) is 6.88. The molecule has 0 radical (unpaired) electrons. The molecule has 3 aliphatic rings. The van der Waals surface area contributed by atoms with Crippen molar-refractivity contribution >= 4 is 11.8 Å². The van der Waals surface area contributed by atoms with E-state index < -0.39 is 0 Å². The first-order chi connectivity index (χ1) is 7.38. The normalized spacial score (nSPS) is 36.4. The van der Waals surface area contributed by atoms with Crippen LogP contribution in [-0.2, 0) is 0 Å². The van der Waals surface area contributed by atoms with Crippen molar-refractivity contribution in [2.75, 3.05) is 31.9 Å². The van der Waals surface area contributed by atoms with Crippen LogP contribution in [-0.4, -0.2) is 47.6 Å². The lowest BCUT2D eigenvalue weighted by atomic mass is 9.78. The molecule has 1 spiro atoms. The van der Waals surface area contributed by atoms with Crippen LogP contribution < -0.4 is 5.32 Å². The van der Waals surface area contributed by atoms with Gasteiger partial charge in [0.2, 0.25) is 0 Å². The summed E-state index contributed by atoms with van der Waals surface area (Å²) in [5, 5.41) is 3.46. The van der Waals surface area contributed by atoms with Gasteiger partial charge in [0, 0.05) is 37.0 Å². The molecule has 0 aromatic heterocycles. The summed E-state index contributed by atoms with van der Waals surface area (Å²) < 4.78 is 0.730. The van der Waals surface area contributed by atoms with Crippen molar-refractivity contribution in [1.29, 1.82) is 0 Å². The average Bonchev–Trinajstić information content (AvgIpc) is 2.28. The Morgan fingerprint density at radius 3 is 2.67 bits per heavy atom. The van der Waals surface area contributed by atoms with Crippen molar-refractivity contribution in [2.45, 2.75) is 42.9 Å². The molecule has 0 aromatic rings. The van der Waals surface area contributed by atoms with Gasteiger partial charge in [0.25, 0.3) is 0 Å².